The monoisotopic (exact) mass is 236 g/mol. The molecule has 8 bridgehead atoms. The second-order valence-corrected chi connectivity index (χ2v) is 7.73. The molecule has 0 amide bonds. The van der Waals surface area contributed by atoms with E-state index in [4.69, 9.17) is 9.47 Å². The molecule has 1 N–H and O–H groups in total. The van der Waals surface area contributed by atoms with Gasteiger partial charge in [0, 0.05) is 23.7 Å². The van der Waals surface area contributed by atoms with Crippen LogP contribution < -0.4 is 0 Å². The average molecular weight is 236 g/mol. The minimum absolute atomic E-state index is 0.141. The predicted octanol–water partition coefficient (Wildman–Crippen LogP) is 1.34. The van der Waals surface area contributed by atoms with E-state index in [1.165, 1.54) is 6.42 Å². The summed E-state index contributed by atoms with van der Waals surface area (Å²) in [4.78, 5) is 0. The molecular weight excluding hydrogens is 216 g/mol. The van der Waals surface area contributed by atoms with Crippen LogP contribution in [-0.2, 0) is 9.47 Å². The van der Waals surface area contributed by atoms with E-state index in [-0.39, 0.29) is 40.3 Å². The van der Waals surface area contributed by atoms with Crippen LogP contribution in [0.3, 0.4) is 0 Å². The van der Waals surface area contributed by atoms with E-state index in [1.54, 1.807) is 0 Å². The van der Waals surface area contributed by atoms with Gasteiger partial charge in [-0.15, -0.1) is 0 Å². The maximum absolute atomic E-state index is 10.7. The number of rotatable bonds is 0. The molecule has 2 aliphatic carbocycles. The third kappa shape index (κ3) is 0.592. The van der Waals surface area contributed by atoms with Gasteiger partial charge in [-0.2, -0.15) is 0 Å². The van der Waals surface area contributed by atoms with Crippen LogP contribution in [0.2, 0.25) is 0 Å². The highest BCUT2D eigenvalue weighted by molar-refractivity contribution is 5.39. The molecule has 94 valence electrons. The summed E-state index contributed by atoms with van der Waals surface area (Å²) in [6, 6.07) is 0. The smallest absolute Gasteiger partial charge is 0.0798 e. The van der Waals surface area contributed by atoms with Crippen molar-refractivity contribution >= 4 is 0 Å². The van der Waals surface area contributed by atoms with Crippen molar-refractivity contribution in [2.45, 2.75) is 62.6 Å². The number of aliphatic hydroxyl groups excluding tert-OH is 1. The first kappa shape index (κ1) is 9.76. The van der Waals surface area contributed by atoms with Gasteiger partial charge in [0.25, 0.3) is 0 Å². The van der Waals surface area contributed by atoms with Gasteiger partial charge in [-0.3, -0.25) is 0 Å². The fourth-order valence-electron chi connectivity index (χ4n) is 7.16. The van der Waals surface area contributed by atoms with Gasteiger partial charge in [0.1, 0.15) is 0 Å². The second kappa shape index (κ2) is 2.00. The molecule has 5 atom stereocenters. The summed E-state index contributed by atoms with van der Waals surface area (Å²) in [5, 5.41) is 10.7. The number of ether oxygens (including phenoxy) is 2. The van der Waals surface area contributed by atoms with Gasteiger partial charge in [-0.05, 0) is 34.1 Å². The summed E-state index contributed by atoms with van der Waals surface area (Å²) < 4.78 is 13.0. The molecule has 3 heteroatoms. The summed E-state index contributed by atoms with van der Waals surface area (Å²) >= 11 is 0. The topological polar surface area (TPSA) is 38.7 Å². The lowest BCUT2D eigenvalue weighted by atomic mass is 9.30. The third-order valence-electron chi connectivity index (χ3n) is 7.27. The third-order valence-corrected chi connectivity index (χ3v) is 7.27. The van der Waals surface area contributed by atoms with Crippen LogP contribution in [0.25, 0.3) is 0 Å². The molecule has 0 aromatic rings. The second-order valence-electron chi connectivity index (χ2n) is 7.73. The molecule has 6 fully saturated rings. The Morgan fingerprint density at radius 2 is 1.18 bits per heavy atom. The molecule has 6 rings (SSSR count). The van der Waals surface area contributed by atoms with Crippen molar-refractivity contribution in [3.05, 3.63) is 0 Å². The first-order valence-electron chi connectivity index (χ1n) is 6.87. The Morgan fingerprint density at radius 3 is 1.53 bits per heavy atom. The van der Waals surface area contributed by atoms with Gasteiger partial charge >= 0.3 is 0 Å². The lowest BCUT2D eigenvalue weighted by molar-refractivity contribution is -0.561. The number of hydrogen-bond acceptors (Lipinski definition) is 3. The van der Waals surface area contributed by atoms with Crippen molar-refractivity contribution in [2.24, 2.45) is 23.7 Å². The molecule has 4 saturated heterocycles. The van der Waals surface area contributed by atoms with Crippen molar-refractivity contribution < 1.29 is 14.6 Å². The zero-order valence-corrected chi connectivity index (χ0v) is 10.9. The Labute approximate surface area is 101 Å². The van der Waals surface area contributed by atoms with E-state index >= 15 is 0 Å². The average Bonchev–Trinajstić information content (AvgIpc) is 2.11. The van der Waals surface area contributed by atoms with Crippen LogP contribution in [-0.4, -0.2) is 33.6 Å². The zero-order valence-electron chi connectivity index (χ0n) is 10.9. The van der Waals surface area contributed by atoms with E-state index < -0.39 is 0 Å². The molecule has 2 saturated carbocycles. The maximum atomic E-state index is 10.7. The molecule has 0 aromatic heterocycles. The molecular formula is C14H20O3. The molecule has 4 aliphatic heterocycles. The lowest BCUT2D eigenvalue weighted by Crippen LogP contribution is -2.99. The Morgan fingerprint density at radius 1 is 0.824 bits per heavy atom. The van der Waals surface area contributed by atoms with Crippen LogP contribution in [0.1, 0.15) is 34.1 Å². The van der Waals surface area contributed by atoms with Crippen molar-refractivity contribution in [3.63, 3.8) is 0 Å². The fourth-order valence-corrected chi connectivity index (χ4v) is 7.16. The van der Waals surface area contributed by atoms with Gasteiger partial charge < -0.3 is 14.6 Å². The van der Waals surface area contributed by atoms with Crippen LogP contribution in [0.5, 0.6) is 0 Å². The van der Waals surface area contributed by atoms with Crippen LogP contribution >= 0.6 is 0 Å². The SMILES string of the molecule is C[C@]12O[C@]3(C)C4CC1[C@]1(C)O[C@@]4(C)C3C(O)C21. The normalized spacial score (nSPS) is 82.1. The van der Waals surface area contributed by atoms with E-state index in [0.717, 1.165) is 0 Å². The van der Waals surface area contributed by atoms with E-state index in [0.29, 0.717) is 11.8 Å². The van der Waals surface area contributed by atoms with Gasteiger partial charge in [0.05, 0.1) is 28.5 Å². The Hall–Kier alpha value is -0.120. The van der Waals surface area contributed by atoms with E-state index in [9.17, 15) is 5.11 Å². The number of hydrogen-bond donors (Lipinski definition) is 1. The predicted molar refractivity (Wildman–Crippen MR) is 60.4 cm³/mol. The summed E-state index contributed by atoms with van der Waals surface area (Å²) in [5.74, 6) is 1.30. The Balaban J connectivity index is 1.80. The van der Waals surface area contributed by atoms with Gasteiger partial charge in [0.15, 0.2) is 0 Å². The maximum Gasteiger partial charge on any atom is 0.0798 e. The quantitative estimate of drug-likeness (QED) is 0.690. The fraction of sp³-hybridized carbons (Fsp3) is 1.00. The number of aliphatic hydroxyl groups is 1. The summed E-state index contributed by atoms with van der Waals surface area (Å²) in [7, 11) is 0. The Kier molecular flexibility index (Phi) is 1.15. The van der Waals surface area contributed by atoms with Crippen molar-refractivity contribution in [3.8, 4) is 0 Å². The molecule has 0 spiro atoms. The van der Waals surface area contributed by atoms with Crippen LogP contribution in [0.4, 0.5) is 0 Å². The lowest BCUT2D eigenvalue weighted by Gasteiger charge is -2.89. The first-order chi connectivity index (χ1) is 7.78. The zero-order chi connectivity index (χ0) is 12.0. The largest absolute Gasteiger partial charge is 0.392 e. The standard InChI is InChI=1S/C14H20O3/c1-11-6-5-7-13(3,16-11)10-8(15)9(11)12(6,2)17-14(7,10)4/h6-10,15H,5H2,1-4H3/t6?,7?,8?,9?,10?,11-,12-,13+,14+. The highest BCUT2D eigenvalue weighted by Crippen LogP contribution is 2.82. The van der Waals surface area contributed by atoms with Crippen LogP contribution in [0.15, 0.2) is 0 Å². The van der Waals surface area contributed by atoms with E-state index in [1.807, 2.05) is 0 Å². The summed E-state index contributed by atoms with van der Waals surface area (Å²) in [6.45, 7) is 8.76. The molecule has 6 aliphatic rings. The van der Waals surface area contributed by atoms with Gasteiger partial charge in [0.2, 0.25) is 0 Å². The van der Waals surface area contributed by atoms with Crippen molar-refractivity contribution in [2.75, 3.05) is 0 Å². The van der Waals surface area contributed by atoms with Crippen molar-refractivity contribution in [1.29, 1.82) is 0 Å². The molecule has 1 unspecified atom stereocenters. The highest BCUT2D eigenvalue weighted by atomic mass is 16.6. The molecule has 3 nitrogen and oxygen atoms in total. The Bertz CT molecular complexity index is 392. The molecule has 4 heterocycles. The molecule has 17 heavy (non-hydrogen) atoms. The first-order valence-corrected chi connectivity index (χ1v) is 6.87. The van der Waals surface area contributed by atoms with Crippen molar-refractivity contribution in [1.82, 2.24) is 0 Å². The van der Waals surface area contributed by atoms with E-state index in [2.05, 4.69) is 27.7 Å². The summed E-state index contributed by atoms with van der Waals surface area (Å²) in [6.07, 6.45) is 0.981. The molecule has 0 radical (unpaired) electrons. The minimum Gasteiger partial charge on any atom is -0.392 e. The molecule has 0 aromatic carbocycles. The van der Waals surface area contributed by atoms with Crippen LogP contribution in [0, 0.1) is 23.7 Å². The van der Waals surface area contributed by atoms with Gasteiger partial charge in [-0.25, -0.2) is 0 Å². The minimum atomic E-state index is -0.240. The highest BCUT2D eigenvalue weighted by Gasteiger charge is 2.91. The van der Waals surface area contributed by atoms with Gasteiger partial charge in [-0.1, -0.05) is 0 Å². The summed E-state index contributed by atoms with van der Waals surface area (Å²) in [5.41, 5.74) is -0.565.